The van der Waals surface area contributed by atoms with Gasteiger partial charge in [-0.1, -0.05) is 0 Å². The van der Waals surface area contributed by atoms with E-state index in [4.69, 9.17) is 4.98 Å². The van der Waals surface area contributed by atoms with Gasteiger partial charge < -0.3 is 14.9 Å². The summed E-state index contributed by atoms with van der Waals surface area (Å²) in [4.78, 5) is 27.6. The fourth-order valence-electron chi connectivity index (χ4n) is 4.26. The van der Waals surface area contributed by atoms with Gasteiger partial charge in [0.05, 0.1) is 11.4 Å². The molecule has 26 heavy (non-hydrogen) atoms. The SMILES string of the molecule is Cc1cnc(C)c(N2CC[C@H](N3CCN(C)CC3)[C@H](CCC(=O)O)C2)n1. The van der Waals surface area contributed by atoms with Crippen molar-refractivity contribution in [3.8, 4) is 0 Å². The molecular formula is C19H31N5O2. The summed E-state index contributed by atoms with van der Waals surface area (Å²) in [5.74, 6) is 0.609. The molecule has 2 saturated heterocycles. The van der Waals surface area contributed by atoms with Crippen LogP contribution in [-0.4, -0.2) is 83.2 Å². The fourth-order valence-corrected chi connectivity index (χ4v) is 4.26. The summed E-state index contributed by atoms with van der Waals surface area (Å²) < 4.78 is 0. The molecule has 1 aromatic heterocycles. The molecule has 0 amide bonds. The number of hydrogen-bond acceptors (Lipinski definition) is 6. The molecular weight excluding hydrogens is 330 g/mol. The summed E-state index contributed by atoms with van der Waals surface area (Å²) in [7, 11) is 2.17. The Labute approximate surface area is 156 Å². The summed E-state index contributed by atoms with van der Waals surface area (Å²) in [5.41, 5.74) is 1.87. The molecule has 0 saturated carbocycles. The fraction of sp³-hybridized carbons (Fsp3) is 0.737. The van der Waals surface area contributed by atoms with Crippen LogP contribution in [0.4, 0.5) is 5.82 Å². The third-order valence-corrected chi connectivity index (χ3v) is 5.78. The van der Waals surface area contributed by atoms with Gasteiger partial charge in [-0.2, -0.15) is 0 Å². The van der Waals surface area contributed by atoms with Crippen LogP contribution in [0.3, 0.4) is 0 Å². The Morgan fingerprint density at radius 2 is 1.96 bits per heavy atom. The number of nitrogens with zero attached hydrogens (tertiary/aromatic N) is 5. The van der Waals surface area contributed by atoms with Gasteiger partial charge in [-0.05, 0) is 39.7 Å². The molecule has 7 heteroatoms. The number of hydrogen-bond donors (Lipinski definition) is 1. The van der Waals surface area contributed by atoms with E-state index in [-0.39, 0.29) is 6.42 Å². The molecule has 0 spiro atoms. The van der Waals surface area contributed by atoms with Crippen LogP contribution in [0.2, 0.25) is 0 Å². The number of rotatable bonds is 5. The molecule has 3 heterocycles. The first-order valence-electron chi connectivity index (χ1n) is 9.63. The van der Waals surface area contributed by atoms with Gasteiger partial charge in [0, 0.05) is 57.9 Å². The van der Waals surface area contributed by atoms with E-state index in [9.17, 15) is 9.90 Å². The molecule has 2 fully saturated rings. The maximum atomic E-state index is 11.2. The Morgan fingerprint density at radius 3 is 2.65 bits per heavy atom. The third kappa shape index (κ3) is 4.51. The minimum Gasteiger partial charge on any atom is -0.481 e. The summed E-state index contributed by atoms with van der Waals surface area (Å²) in [6.07, 6.45) is 3.82. The zero-order valence-electron chi connectivity index (χ0n) is 16.2. The molecule has 2 atom stereocenters. The van der Waals surface area contributed by atoms with E-state index in [1.165, 1.54) is 0 Å². The van der Waals surface area contributed by atoms with Crippen molar-refractivity contribution in [2.75, 3.05) is 51.2 Å². The monoisotopic (exact) mass is 361 g/mol. The van der Waals surface area contributed by atoms with Crippen LogP contribution in [0, 0.1) is 19.8 Å². The smallest absolute Gasteiger partial charge is 0.303 e. The van der Waals surface area contributed by atoms with Gasteiger partial charge in [-0.3, -0.25) is 14.7 Å². The summed E-state index contributed by atoms with van der Waals surface area (Å²) >= 11 is 0. The predicted molar refractivity (Wildman–Crippen MR) is 102 cm³/mol. The number of carbonyl (C=O) groups is 1. The highest BCUT2D eigenvalue weighted by Crippen LogP contribution is 2.30. The van der Waals surface area contributed by atoms with Crippen LogP contribution in [-0.2, 0) is 4.79 Å². The first kappa shape index (κ1) is 19.0. The maximum Gasteiger partial charge on any atom is 0.303 e. The molecule has 2 aliphatic heterocycles. The van der Waals surface area contributed by atoms with E-state index in [0.717, 1.165) is 69.3 Å². The molecule has 2 aliphatic rings. The first-order valence-corrected chi connectivity index (χ1v) is 9.63. The number of carboxylic acids is 1. The molecule has 144 valence electrons. The van der Waals surface area contributed by atoms with Crippen molar-refractivity contribution in [1.29, 1.82) is 0 Å². The molecule has 0 aromatic carbocycles. The number of carboxylic acid groups (broad SMARTS) is 1. The molecule has 0 unspecified atom stereocenters. The van der Waals surface area contributed by atoms with E-state index >= 15 is 0 Å². The number of piperazine rings is 1. The molecule has 1 aromatic rings. The zero-order valence-corrected chi connectivity index (χ0v) is 16.2. The molecule has 7 nitrogen and oxygen atoms in total. The molecule has 0 bridgehead atoms. The Kier molecular flexibility index (Phi) is 6.09. The standard InChI is InChI=1S/C19H31N5O2/c1-14-12-20-15(2)19(21-14)24-7-6-17(16(13-24)4-5-18(25)26)23-10-8-22(3)9-11-23/h12,16-17H,4-11,13H2,1-3H3,(H,25,26)/t16-,17+/m1/s1. The Hall–Kier alpha value is -1.73. The Balaban J connectivity index is 1.74. The van der Waals surface area contributed by atoms with Crippen molar-refractivity contribution in [2.45, 2.75) is 39.2 Å². The molecule has 0 radical (unpaired) electrons. The second kappa shape index (κ2) is 8.31. The van der Waals surface area contributed by atoms with Crippen LogP contribution in [0.5, 0.6) is 0 Å². The largest absolute Gasteiger partial charge is 0.481 e. The van der Waals surface area contributed by atoms with Crippen molar-refractivity contribution in [2.24, 2.45) is 5.92 Å². The van der Waals surface area contributed by atoms with Crippen LogP contribution in [0.1, 0.15) is 30.7 Å². The Bertz CT molecular complexity index is 630. The first-order chi connectivity index (χ1) is 12.4. The van der Waals surface area contributed by atoms with Crippen LogP contribution in [0.25, 0.3) is 0 Å². The van der Waals surface area contributed by atoms with Crippen molar-refractivity contribution < 1.29 is 9.90 Å². The zero-order chi connectivity index (χ0) is 18.7. The number of piperidine rings is 1. The van der Waals surface area contributed by atoms with Crippen LogP contribution >= 0.6 is 0 Å². The van der Waals surface area contributed by atoms with Gasteiger partial charge in [0.25, 0.3) is 0 Å². The molecule has 3 rings (SSSR count). The van der Waals surface area contributed by atoms with Gasteiger partial charge >= 0.3 is 5.97 Å². The van der Waals surface area contributed by atoms with E-state index in [2.05, 4.69) is 26.7 Å². The highest BCUT2D eigenvalue weighted by atomic mass is 16.4. The number of aliphatic carboxylic acids is 1. The second-order valence-corrected chi connectivity index (χ2v) is 7.75. The lowest BCUT2D eigenvalue weighted by Crippen LogP contribution is -2.56. The van der Waals surface area contributed by atoms with Crippen LogP contribution in [0.15, 0.2) is 6.20 Å². The number of likely N-dealkylation sites (N-methyl/N-ethyl adjacent to an activating group) is 1. The Morgan fingerprint density at radius 1 is 1.23 bits per heavy atom. The lowest BCUT2D eigenvalue weighted by molar-refractivity contribution is -0.137. The van der Waals surface area contributed by atoms with E-state index in [0.29, 0.717) is 12.0 Å². The number of anilines is 1. The van der Waals surface area contributed by atoms with E-state index in [1.54, 1.807) is 6.20 Å². The molecule has 1 N–H and O–H groups in total. The maximum absolute atomic E-state index is 11.2. The van der Waals surface area contributed by atoms with Gasteiger partial charge in [-0.25, -0.2) is 4.98 Å². The summed E-state index contributed by atoms with van der Waals surface area (Å²) in [6.45, 7) is 10.1. The number of aryl methyl sites for hydroxylation is 2. The average molecular weight is 361 g/mol. The number of aromatic nitrogens is 2. The molecule has 0 aliphatic carbocycles. The van der Waals surface area contributed by atoms with Gasteiger partial charge in [-0.15, -0.1) is 0 Å². The third-order valence-electron chi connectivity index (χ3n) is 5.78. The minimum atomic E-state index is -0.703. The summed E-state index contributed by atoms with van der Waals surface area (Å²) in [6, 6.07) is 0.470. The van der Waals surface area contributed by atoms with Gasteiger partial charge in [0.2, 0.25) is 0 Å². The van der Waals surface area contributed by atoms with Crippen molar-refractivity contribution in [3.63, 3.8) is 0 Å². The highest BCUT2D eigenvalue weighted by molar-refractivity contribution is 5.66. The van der Waals surface area contributed by atoms with Crippen molar-refractivity contribution in [3.05, 3.63) is 17.6 Å². The van der Waals surface area contributed by atoms with Crippen molar-refractivity contribution in [1.82, 2.24) is 19.8 Å². The highest BCUT2D eigenvalue weighted by Gasteiger charge is 2.35. The second-order valence-electron chi connectivity index (χ2n) is 7.75. The van der Waals surface area contributed by atoms with Crippen LogP contribution < -0.4 is 4.90 Å². The lowest BCUT2D eigenvalue weighted by atomic mass is 9.86. The minimum absolute atomic E-state index is 0.237. The van der Waals surface area contributed by atoms with Crippen molar-refractivity contribution >= 4 is 11.8 Å². The average Bonchev–Trinajstić information content (AvgIpc) is 2.62. The van der Waals surface area contributed by atoms with Gasteiger partial charge in [0.1, 0.15) is 5.82 Å². The quantitative estimate of drug-likeness (QED) is 0.850. The lowest BCUT2D eigenvalue weighted by Gasteiger charge is -2.46. The predicted octanol–water partition coefficient (Wildman–Crippen LogP) is 1.40. The van der Waals surface area contributed by atoms with E-state index in [1.807, 2.05) is 13.8 Å². The van der Waals surface area contributed by atoms with Gasteiger partial charge in [0.15, 0.2) is 0 Å². The normalized spacial score (nSPS) is 25.4. The topological polar surface area (TPSA) is 72.8 Å². The summed E-state index contributed by atoms with van der Waals surface area (Å²) in [5, 5.41) is 9.18. The van der Waals surface area contributed by atoms with E-state index < -0.39 is 5.97 Å².